The Bertz CT molecular complexity index is 1300. The largest absolute Gasteiger partial charge is 0.455 e. The standard InChI is InChI=1S/C19H14ClN5O5S/c20-11-3-1-10(2-4-11)17-24-25-19(30-17)31-9-16(27)29-8-15(26)21-12-5-6-13-14(7-12)23-18(28)22-13/h1-7H,8-9H2,(H,21,26)(H2,22,23,28). The summed E-state index contributed by atoms with van der Waals surface area (Å²) in [6.45, 7) is -0.457. The molecular formula is C19H14ClN5O5S. The third kappa shape index (κ3) is 5.32. The van der Waals surface area contributed by atoms with Crippen LogP contribution < -0.4 is 11.0 Å². The second-order valence-electron chi connectivity index (χ2n) is 6.22. The minimum atomic E-state index is -0.614. The fraction of sp³-hybridized carbons (Fsp3) is 0.105. The van der Waals surface area contributed by atoms with Gasteiger partial charge in [0.15, 0.2) is 6.61 Å². The molecule has 2 aromatic heterocycles. The first-order valence-corrected chi connectivity index (χ1v) is 10.2. The number of anilines is 1. The lowest BCUT2D eigenvalue weighted by atomic mass is 10.2. The van der Waals surface area contributed by atoms with Crippen LogP contribution in [0.3, 0.4) is 0 Å². The number of benzene rings is 2. The summed E-state index contributed by atoms with van der Waals surface area (Å²) in [7, 11) is 0. The minimum Gasteiger partial charge on any atom is -0.455 e. The number of hydrogen-bond donors (Lipinski definition) is 3. The van der Waals surface area contributed by atoms with Crippen LogP contribution in [0.2, 0.25) is 5.02 Å². The van der Waals surface area contributed by atoms with E-state index in [0.29, 0.717) is 33.2 Å². The molecule has 12 heteroatoms. The molecule has 2 heterocycles. The Morgan fingerprint density at radius 2 is 1.87 bits per heavy atom. The lowest BCUT2D eigenvalue weighted by Gasteiger charge is -2.06. The lowest BCUT2D eigenvalue weighted by Crippen LogP contribution is -2.21. The average Bonchev–Trinajstić information content (AvgIpc) is 3.36. The highest BCUT2D eigenvalue weighted by Gasteiger charge is 2.13. The van der Waals surface area contributed by atoms with E-state index in [1.165, 1.54) is 0 Å². The molecule has 0 fully saturated rings. The molecule has 0 atom stereocenters. The van der Waals surface area contributed by atoms with Crippen LogP contribution in [0.15, 0.2) is 56.9 Å². The second kappa shape index (κ2) is 9.06. The number of halogens is 1. The molecule has 1 amide bonds. The normalized spacial score (nSPS) is 10.9. The summed E-state index contributed by atoms with van der Waals surface area (Å²) in [6.07, 6.45) is 0. The second-order valence-corrected chi connectivity index (χ2v) is 7.58. The van der Waals surface area contributed by atoms with E-state index >= 15 is 0 Å². The number of nitrogens with one attached hydrogen (secondary N) is 3. The molecule has 31 heavy (non-hydrogen) atoms. The van der Waals surface area contributed by atoms with Crippen molar-refractivity contribution in [3.63, 3.8) is 0 Å². The van der Waals surface area contributed by atoms with E-state index in [1.54, 1.807) is 42.5 Å². The topological polar surface area (TPSA) is 143 Å². The van der Waals surface area contributed by atoms with Gasteiger partial charge in [-0.25, -0.2) is 4.79 Å². The molecule has 0 bridgehead atoms. The van der Waals surface area contributed by atoms with E-state index in [0.717, 1.165) is 11.8 Å². The van der Waals surface area contributed by atoms with Gasteiger partial charge in [-0.15, -0.1) is 10.2 Å². The highest BCUT2D eigenvalue weighted by atomic mass is 35.5. The van der Waals surface area contributed by atoms with E-state index in [2.05, 4.69) is 25.5 Å². The number of carbonyl (C=O) groups is 2. The molecule has 0 saturated carbocycles. The lowest BCUT2D eigenvalue weighted by molar-refractivity contribution is -0.144. The predicted molar refractivity (Wildman–Crippen MR) is 114 cm³/mol. The molecule has 0 aliphatic rings. The third-order valence-corrected chi connectivity index (χ3v) is 5.02. The average molecular weight is 460 g/mol. The van der Waals surface area contributed by atoms with Crippen molar-refractivity contribution in [2.45, 2.75) is 5.22 Å². The van der Waals surface area contributed by atoms with Crippen LogP contribution in [0.1, 0.15) is 0 Å². The SMILES string of the molecule is O=C(COC(=O)CSc1nnc(-c2ccc(Cl)cc2)o1)Nc1ccc2[nH]c(=O)[nH]c2c1. The number of imidazole rings is 1. The van der Waals surface area contributed by atoms with Gasteiger partial charge >= 0.3 is 11.7 Å². The van der Waals surface area contributed by atoms with Crippen molar-refractivity contribution < 1.29 is 18.7 Å². The van der Waals surface area contributed by atoms with E-state index in [4.69, 9.17) is 20.8 Å². The number of aromatic amines is 2. The van der Waals surface area contributed by atoms with Crippen LogP contribution in [-0.2, 0) is 14.3 Å². The van der Waals surface area contributed by atoms with Crippen LogP contribution in [0.25, 0.3) is 22.5 Å². The number of aromatic nitrogens is 4. The molecule has 0 aliphatic heterocycles. The number of rotatable bonds is 7. The first-order valence-electron chi connectivity index (χ1n) is 8.86. The first kappa shape index (κ1) is 20.7. The molecule has 0 saturated heterocycles. The van der Waals surface area contributed by atoms with Crippen molar-refractivity contribution in [3.8, 4) is 11.5 Å². The fourth-order valence-electron chi connectivity index (χ4n) is 2.59. The van der Waals surface area contributed by atoms with Crippen molar-refractivity contribution in [2.75, 3.05) is 17.7 Å². The van der Waals surface area contributed by atoms with Gasteiger partial charge in [-0.3, -0.25) is 9.59 Å². The van der Waals surface area contributed by atoms with Gasteiger partial charge in [0.1, 0.15) is 5.75 Å². The van der Waals surface area contributed by atoms with Gasteiger partial charge in [-0.05, 0) is 42.5 Å². The summed E-state index contributed by atoms with van der Waals surface area (Å²) < 4.78 is 10.4. The molecule has 0 radical (unpaired) electrons. The summed E-state index contributed by atoms with van der Waals surface area (Å²) in [5, 5.41) is 11.2. The fourth-order valence-corrected chi connectivity index (χ4v) is 3.28. The van der Waals surface area contributed by atoms with Crippen LogP contribution in [0, 0.1) is 0 Å². The molecule has 0 spiro atoms. The Kier molecular flexibility index (Phi) is 6.05. The number of esters is 1. The highest BCUT2D eigenvalue weighted by molar-refractivity contribution is 7.99. The monoisotopic (exact) mass is 459 g/mol. The van der Waals surface area contributed by atoms with E-state index in [1.807, 2.05) is 0 Å². The summed E-state index contributed by atoms with van der Waals surface area (Å²) in [5.41, 5.74) is 1.98. The molecule has 4 aromatic rings. The Morgan fingerprint density at radius 3 is 2.68 bits per heavy atom. The minimum absolute atomic E-state index is 0.105. The summed E-state index contributed by atoms with van der Waals surface area (Å²) in [5.74, 6) is -0.936. The number of ether oxygens (including phenoxy) is 1. The zero-order valence-corrected chi connectivity index (χ0v) is 17.2. The number of H-pyrrole nitrogens is 2. The molecule has 0 unspecified atom stereocenters. The van der Waals surface area contributed by atoms with Gasteiger partial charge in [-0.1, -0.05) is 23.4 Å². The molecular weight excluding hydrogens is 446 g/mol. The molecule has 158 valence electrons. The van der Waals surface area contributed by atoms with Gasteiger partial charge in [0, 0.05) is 16.3 Å². The summed E-state index contributed by atoms with van der Waals surface area (Å²) >= 11 is 6.84. The third-order valence-electron chi connectivity index (χ3n) is 3.98. The van der Waals surface area contributed by atoms with Gasteiger partial charge in [0.2, 0.25) is 5.89 Å². The van der Waals surface area contributed by atoms with E-state index < -0.39 is 18.5 Å². The maximum atomic E-state index is 12.0. The van der Waals surface area contributed by atoms with Gasteiger partial charge in [-0.2, -0.15) is 0 Å². The Labute approximate surface area is 183 Å². The predicted octanol–water partition coefficient (Wildman–Crippen LogP) is 2.83. The Hall–Kier alpha value is -3.57. The van der Waals surface area contributed by atoms with Crippen LogP contribution in [-0.4, -0.2) is 44.4 Å². The maximum Gasteiger partial charge on any atom is 0.323 e. The number of nitrogens with zero attached hydrogens (tertiary/aromatic N) is 2. The smallest absolute Gasteiger partial charge is 0.323 e. The van der Waals surface area contributed by atoms with Crippen LogP contribution in [0.5, 0.6) is 0 Å². The number of hydrogen-bond acceptors (Lipinski definition) is 8. The van der Waals surface area contributed by atoms with Crippen LogP contribution in [0.4, 0.5) is 5.69 Å². The van der Waals surface area contributed by atoms with Gasteiger partial charge in [0.25, 0.3) is 11.1 Å². The molecule has 3 N–H and O–H groups in total. The Balaban J connectivity index is 1.24. The van der Waals surface area contributed by atoms with Gasteiger partial charge < -0.3 is 24.4 Å². The summed E-state index contributed by atoms with van der Waals surface area (Å²) in [6, 6.07) is 11.7. The van der Waals surface area contributed by atoms with E-state index in [9.17, 15) is 14.4 Å². The highest BCUT2D eigenvalue weighted by Crippen LogP contribution is 2.24. The van der Waals surface area contributed by atoms with Crippen molar-refractivity contribution >= 4 is 52.0 Å². The zero-order valence-electron chi connectivity index (χ0n) is 15.7. The van der Waals surface area contributed by atoms with Crippen molar-refractivity contribution in [3.05, 3.63) is 58.0 Å². The number of amides is 1. The quantitative estimate of drug-likeness (QED) is 0.283. The Morgan fingerprint density at radius 1 is 1.10 bits per heavy atom. The van der Waals surface area contributed by atoms with Crippen molar-refractivity contribution in [1.82, 2.24) is 20.2 Å². The maximum absolute atomic E-state index is 12.0. The summed E-state index contributed by atoms with van der Waals surface area (Å²) in [4.78, 5) is 40.4. The van der Waals surface area contributed by atoms with Crippen LogP contribution >= 0.6 is 23.4 Å². The molecule has 4 rings (SSSR count). The molecule has 0 aliphatic carbocycles. The van der Waals surface area contributed by atoms with Gasteiger partial charge in [0.05, 0.1) is 11.0 Å². The molecule has 2 aromatic carbocycles. The van der Waals surface area contributed by atoms with E-state index in [-0.39, 0.29) is 16.7 Å². The van der Waals surface area contributed by atoms with Crippen molar-refractivity contribution in [1.29, 1.82) is 0 Å². The number of carbonyl (C=O) groups excluding carboxylic acids is 2. The molecule has 10 nitrogen and oxygen atoms in total. The number of fused-ring (bicyclic) bond motifs is 1. The van der Waals surface area contributed by atoms with Crippen molar-refractivity contribution in [2.24, 2.45) is 0 Å². The number of thioether (sulfide) groups is 1. The zero-order chi connectivity index (χ0) is 21.8. The first-order chi connectivity index (χ1) is 15.0.